The summed E-state index contributed by atoms with van der Waals surface area (Å²) in [7, 11) is 0. The van der Waals surface area contributed by atoms with Gasteiger partial charge in [0.2, 0.25) is 5.91 Å². The van der Waals surface area contributed by atoms with Gasteiger partial charge in [-0.15, -0.1) is 0 Å². The molecule has 0 aliphatic rings. The molecule has 108 valence electrons. The number of amides is 1. The second-order valence-corrected chi connectivity index (χ2v) is 4.73. The molecule has 0 aliphatic carbocycles. The van der Waals surface area contributed by atoms with Crippen LogP contribution in [-0.2, 0) is 11.2 Å². The Hall–Kier alpha value is -2.69. The van der Waals surface area contributed by atoms with Gasteiger partial charge >= 0.3 is 0 Å². The lowest BCUT2D eigenvalue weighted by molar-refractivity contribution is -0.120. The van der Waals surface area contributed by atoms with Crippen LogP contribution in [-0.4, -0.2) is 22.5 Å². The highest BCUT2D eigenvalue weighted by Gasteiger charge is 2.06. The fourth-order valence-electron chi connectivity index (χ4n) is 1.96. The van der Waals surface area contributed by atoms with E-state index < -0.39 is 0 Å². The van der Waals surface area contributed by atoms with Gasteiger partial charge in [-0.3, -0.25) is 4.79 Å². The highest BCUT2D eigenvalue weighted by atomic mass is 16.4. The number of hydrazone groups is 1. The van der Waals surface area contributed by atoms with Crippen LogP contribution in [0.5, 0.6) is 0 Å². The Labute approximate surface area is 123 Å². The zero-order valence-corrected chi connectivity index (χ0v) is 12.0. The lowest BCUT2D eigenvalue weighted by Gasteiger charge is -2.06. The van der Waals surface area contributed by atoms with E-state index in [1.54, 1.807) is 13.8 Å². The Morgan fingerprint density at radius 2 is 1.81 bits per heavy atom. The molecule has 0 aromatic heterocycles. The molecule has 0 aliphatic heterocycles. The van der Waals surface area contributed by atoms with Crippen molar-refractivity contribution in [3.8, 4) is 0 Å². The van der Waals surface area contributed by atoms with Gasteiger partial charge in [0.1, 0.15) is 0 Å². The van der Waals surface area contributed by atoms with Crippen molar-refractivity contribution >= 4 is 28.1 Å². The van der Waals surface area contributed by atoms with Crippen LogP contribution in [0.15, 0.2) is 52.7 Å². The Balaban J connectivity index is 2.12. The van der Waals surface area contributed by atoms with Gasteiger partial charge in [0, 0.05) is 0 Å². The number of hydrogen-bond donors (Lipinski definition) is 2. The molecule has 2 aromatic carbocycles. The maximum absolute atomic E-state index is 12.0. The third-order valence-electron chi connectivity index (χ3n) is 3.25. The normalized spacial score (nSPS) is 12.5. The van der Waals surface area contributed by atoms with Gasteiger partial charge in [-0.1, -0.05) is 47.6 Å². The second-order valence-electron chi connectivity index (χ2n) is 4.73. The van der Waals surface area contributed by atoms with E-state index in [0.29, 0.717) is 11.4 Å². The molecule has 5 nitrogen and oxygen atoms in total. The minimum absolute atomic E-state index is 0.212. The van der Waals surface area contributed by atoms with Crippen molar-refractivity contribution in [2.24, 2.45) is 10.3 Å². The SMILES string of the molecule is CC(=N/O)/C(C)=N\NC(=O)Cc1cccc2ccccc12. The average Bonchev–Trinajstić information content (AvgIpc) is 2.52. The summed E-state index contributed by atoms with van der Waals surface area (Å²) in [6.45, 7) is 3.27. The molecule has 1 amide bonds. The van der Waals surface area contributed by atoms with Gasteiger partial charge in [0.05, 0.1) is 17.8 Å². The molecule has 0 radical (unpaired) electrons. The molecule has 0 atom stereocenters. The number of rotatable bonds is 4. The minimum atomic E-state index is -0.212. The fourth-order valence-corrected chi connectivity index (χ4v) is 1.96. The zero-order chi connectivity index (χ0) is 15.2. The van der Waals surface area contributed by atoms with Crippen LogP contribution >= 0.6 is 0 Å². The van der Waals surface area contributed by atoms with Gasteiger partial charge in [-0.25, -0.2) is 5.43 Å². The van der Waals surface area contributed by atoms with E-state index in [9.17, 15) is 4.79 Å². The molecule has 0 bridgehead atoms. The number of nitrogens with zero attached hydrogens (tertiary/aromatic N) is 2. The average molecular weight is 283 g/mol. The molecule has 0 saturated heterocycles. The van der Waals surface area contributed by atoms with Crippen LogP contribution < -0.4 is 5.43 Å². The minimum Gasteiger partial charge on any atom is -0.411 e. The van der Waals surface area contributed by atoms with Crippen LogP contribution in [0.25, 0.3) is 10.8 Å². The predicted octanol–water partition coefficient (Wildman–Crippen LogP) is 2.72. The lowest BCUT2D eigenvalue weighted by atomic mass is 10.0. The van der Waals surface area contributed by atoms with Crippen LogP contribution in [0.1, 0.15) is 19.4 Å². The number of fused-ring (bicyclic) bond motifs is 1. The summed E-state index contributed by atoms with van der Waals surface area (Å²) in [5, 5.41) is 17.7. The molecule has 5 heteroatoms. The first-order chi connectivity index (χ1) is 10.1. The third kappa shape index (κ3) is 3.66. The third-order valence-corrected chi connectivity index (χ3v) is 3.25. The molecule has 2 aromatic rings. The zero-order valence-electron chi connectivity index (χ0n) is 12.0. The standard InChI is InChI=1S/C16H17N3O2/c1-11(12(2)19-21)17-18-16(20)10-14-8-5-7-13-6-3-4-9-15(13)14/h3-9,21H,10H2,1-2H3,(H,18,20)/b17-11-,19-12-. The Morgan fingerprint density at radius 3 is 2.57 bits per heavy atom. The molecule has 2 rings (SSSR count). The molecule has 2 N–H and O–H groups in total. The number of oxime groups is 1. The fraction of sp³-hybridized carbons (Fsp3) is 0.188. The highest BCUT2D eigenvalue weighted by Crippen LogP contribution is 2.18. The maximum Gasteiger partial charge on any atom is 0.244 e. The molecule has 0 unspecified atom stereocenters. The van der Waals surface area contributed by atoms with E-state index in [1.165, 1.54) is 0 Å². The Bertz CT molecular complexity index is 715. The molecule has 0 spiro atoms. The van der Waals surface area contributed by atoms with Crippen LogP contribution in [0, 0.1) is 0 Å². The summed E-state index contributed by atoms with van der Waals surface area (Å²) >= 11 is 0. The number of carbonyl (C=O) groups excluding carboxylic acids is 1. The summed E-state index contributed by atoms with van der Waals surface area (Å²) in [5.41, 5.74) is 4.24. The van der Waals surface area contributed by atoms with Gasteiger partial charge in [0.25, 0.3) is 0 Å². The predicted molar refractivity (Wildman–Crippen MR) is 83.8 cm³/mol. The monoisotopic (exact) mass is 283 g/mol. The number of nitrogens with one attached hydrogen (secondary N) is 1. The van der Waals surface area contributed by atoms with Gasteiger partial charge in [-0.2, -0.15) is 5.10 Å². The van der Waals surface area contributed by atoms with Crippen molar-refractivity contribution in [1.29, 1.82) is 0 Å². The van der Waals surface area contributed by atoms with E-state index >= 15 is 0 Å². The molecule has 0 saturated carbocycles. The van der Waals surface area contributed by atoms with Gasteiger partial charge in [-0.05, 0) is 30.2 Å². The number of benzene rings is 2. The summed E-state index contributed by atoms with van der Waals surface area (Å²) in [6, 6.07) is 13.8. The summed E-state index contributed by atoms with van der Waals surface area (Å²) in [4.78, 5) is 12.0. The molecule has 0 heterocycles. The van der Waals surface area contributed by atoms with Crippen molar-refractivity contribution in [2.45, 2.75) is 20.3 Å². The lowest BCUT2D eigenvalue weighted by Crippen LogP contribution is -2.22. The maximum atomic E-state index is 12.0. The van der Waals surface area contributed by atoms with E-state index in [2.05, 4.69) is 15.7 Å². The van der Waals surface area contributed by atoms with Crippen LogP contribution in [0.4, 0.5) is 0 Å². The number of hydrogen-bond acceptors (Lipinski definition) is 4. The van der Waals surface area contributed by atoms with Crippen molar-refractivity contribution in [3.05, 3.63) is 48.0 Å². The number of carbonyl (C=O) groups is 1. The molecule has 0 fully saturated rings. The Kier molecular flexibility index (Phi) is 4.66. The molecular weight excluding hydrogens is 266 g/mol. The summed E-state index contributed by atoms with van der Waals surface area (Å²) < 4.78 is 0. The van der Waals surface area contributed by atoms with E-state index in [1.807, 2.05) is 42.5 Å². The van der Waals surface area contributed by atoms with E-state index in [-0.39, 0.29) is 12.3 Å². The molecular formula is C16H17N3O2. The summed E-state index contributed by atoms with van der Waals surface area (Å²) in [5.74, 6) is -0.212. The first-order valence-corrected chi connectivity index (χ1v) is 6.60. The van der Waals surface area contributed by atoms with E-state index in [4.69, 9.17) is 5.21 Å². The largest absolute Gasteiger partial charge is 0.411 e. The summed E-state index contributed by atoms with van der Waals surface area (Å²) in [6.07, 6.45) is 0.244. The van der Waals surface area contributed by atoms with Crippen molar-refractivity contribution in [3.63, 3.8) is 0 Å². The van der Waals surface area contributed by atoms with Gasteiger partial charge in [0.15, 0.2) is 0 Å². The van der Waals surface area contributed by atoms with Crippen molar-refractivity contribution in [1.82, 2.24) is 5.43 Å². The van der Waals surface area contributed by atoms with Gasteiger partial charge < -0.3 is 5.21 Å². The first kappa shape index (κ1) is 14.7. The van der Waals surface area contributed by atoms with Crippen LogP contribution in [0.2, 0.25) is 0 Å². The van der Waals surface area contributed by atoms with Crippen molar-refractivity contribution in [2.75, 3.05) is 0 Å². The first-order valence-electron chi connectivity index (χ1n) is 6.60. The quantitative estimate of drug-likeness (QED) is 0.514. The van der Waals surface area contributed by atoms with Crippen LogP contribution in [0.3, 0.4) is 0 Å². The highest BCUT2D eigenvalue weighted by molar-refractivity contribution is 6.40. The topological polar surface area (TPSA) is 74.1 Å². The smallest absolute Gasteiger partial charge is 0.244 e. The molecule has 21 heavy (non-hydrogen) atoms. The van der Waals surface area contributed by atoms with Crippen molar-refractivity contribution < 1.29 is 10.0 Å². The Morgan fingerprint density at radius 1 is 1.10 bits per heavy atom. The second kappa shape index (κ2) is 6.65. The van der Waals surface area contributed by atoms with E-state index in [0.717, 1.165) is 16.3 Å².